The van der Waals surface area contributed by atoms with Gasteiger partial charge in [-0.2, -0.15) is 0 Å². The molecule has 0 fully saturated rings. The van der Waals surface area contributed by atoms with Gasteiger partial charge in [0.25, 0.3) is 0 Å². The van der Waals surface area contributed by atoms with E-state index < -0.39 is 18.1 Å². The summed E-state index contributed by atoms with van der Waals surface area (Å²) in [7, 11) is 2.79. The molecule has 6 nitrogen and oxygen atoms in total. The second-order valence-electron chi connectivity index (χ2n) is 6.22. The van der Waals surface area contributed by atoms with Crippen LogP contribution in [0.15, 0.2) is 48.5 Å². The molecule has 2 aromatic rings. The van der Waals surface area contributed by atoms with Gasteiger partial charge < -0.3 is 14.6 Å². The minimum absolute atomic E-state index is 0.0644. The lowest BCUT2D eigenvalue weighted by Gasteiger charge is -2.24. The van der Waals surface area contributed by atoms with E-state index in [2.05, 4.69) is 12.1 Å². The molecule has 6 heteroatoms. The first-order valence-corrected chi connectivity index (χ1v) is 8.34. The Bertz CT molecular complexity index is 774. The third-order valence-corrected chi connectivity index (χ3v) is 4.70. The van der Waals surface area contributed by atoms with Crippen LogP contribution >= 0.6 is 0 Å². The number of likely N-dealkylation sites (N-methyl/N-ethyl adjacent to an activating group) is 1. The van der Waals surface area contributed by atoms with Crippen LogP contribution in [-0.2, 0) is 14.3 Å². The number of benzene rings is 2. The summed E-state index contributed by atoms with van der Waals surface area (Å²) in [6, 6.07) is 15.0. The van der Waals surface area contributed by atoms with Gasteiger partial charge in [0.2, 0.25) is 0 Å². The quantitative estimate of drug-likeness (QED) is 0.862. The largest absolute Gasteiger partial charge is 0.480 e. The Hall–Kier alpha value is -2.86. The van der Waals surface area contributed by atoms with Crippen LogP contribution in [0.3, 0.4) is 0 Å². The number of rotatable bonds is 6. The average molecular weight is 355 g/mol. The Morgan fingerprint density at radius 3 is 2.12 bits per heavy atom. The number of hydrogen-bond donors (Lipinski definition) is 1. The lowest BCUT2D eigenvalue weighted by molar-refractivity contribution is -0.144. The molecule has 1 atom stereocenters. The van der Waals surface area contributed by atoms with Crippen LogP contribution < -0.4 is 0 Å². The molecule has 0 radical (unpaired) electrons. The van der Waals surface area contributed by atoms with Crippen molar-refractivity contribution in [2.75, 3.05) is 27.4 Å². The highest BCUT2D eigenvalue weighted by Gasteiger charge is 2.31. The van der Waals surface area contributed by atoms with Gasteiger partial charge in [-0.1, -0.05) is 48.5 Å². The zero-order chi connectivity index (χ0) is 18.7. The van der Waals surface area contributed by atoms with Crippen LogP contribution in [0.25, 0.3) is 11.1 Å². The highest BCUT2D eigenvalue weighted by atomic mass is 16.6. The third kappa shape index (κ3) is 3.28. The molecule has 1 aliphatic rings. The molecular formula is C20H21NO5. The summed E-state index contributed by atoms with van der Waals surface area (Å²) in [5.41, 5.74) is 4.49. The predicted octanol–water partition coefficient (Wildman–Crippen LogP) is 2.97. The summed E-state index contributed by atoms with van der Waals surface area (Å²) >= 11 is 0. The van der Waals surface area contributed by atoms with E-state index in [1.54, 1.807) is 0 Å². The first-order valence-electron chi connectivity index (χ1n) is 8.34. The second-order valence-corrected chi connectivity index (χ2v) is 6.22. The standard InChI is InChI=1S/C20H21NO5/c1-21(18(12-25-2)19(22)23)20(24)26-11-17-15-9-5-3-7-13(15)14-8-4-6-10-16(14)17/h3-10,17-18H,11-12H2,1-2H3,(H,22,23)/t18-/m0/s1. The second kappa shape index (κ2) is 7.58. The minimum atomic E-state index is -1.14. The highest BCUT2D eigenvalue weighted by molar-refractivity contribution is 5.81. The van der Waals surface area contributed by atoms with Crippen molar-refractivity contribution < 1.29 is 24.2 Å². The summed E-state index contributed by atoms with van der Waals surface area (Å²) in [4.78, 5) is 24.7. The minimum Gasteiger partial charge on any atom is -0.480 e. The average Bonchev–Trinajstić information content (AvgIpc) is 2.97. The number of carbonyl (C=O) groups excluding carboxylic acids is 1. The molecule has 0 unspecified atom stereocenters. The van der Waals surface area contributed by atoms with Gasteiger partial charge in [-0.05, 0) is 22.3 Å². The predicted molar refractivity (Wildman–Crippen MR) is 96.1 cm³/mol. The maximum absolute atomic E-state index is 12.3. The third-order valence-electron chi connectivity index (χ3n) is 4.70. The first-order chi connectivity index (χ1) is 12.5. The lowest BCUT2D eigenvalue weighted by Crippen LogP contribution is -2.45. The van der Waals surface area contributed by atoms with Crippen molar-refractivity contribution in [1.29, 1.82) is 0 Å². The SMILES string of the molecule is COC[C@@H](C(=O)O)N(C)C(=O)OCC1c2ccccc2-c2ccccc21. The number of carbonyl (C=O) groups is 2. The van der Waals surface area contributed by atoms with Crippen LogP contribution in [0.1, 0.15) is 17.0 Å². The summed E-state index contributed by atoms with van der Waals surface area (Å²) in [5.74, 6) is -1.20. The van der Waals surface area contributed by atoms with Gasteiger partial charge in [0.1, 0.15) is 6.61 Å². The Kier molecular flexibility index (Phi) is 5.23. The maximum atomic E-state index is 12.3. The van der Waals surface area contributed by atoms with Gasteiger partial charge in [0.15, 0.2) is 6.04 Å². The van der Waals surface area contributed by atoms with Gasteiger partial charge in [-0.15, -0.1) is 0 Å². The van der Waals surface area contributed by atoms with Gasteiger partial charge in [-0.25, -0.2) is 9.59 Å². The zero-order valence-corrected chi connectivity index (χ0v) is 14.7. The Labute approximate surface area is 152 Å². The monoisotopic (exact) mass is 355 g/mol. The summed E-state index contributed by atoms with van der Waals surface area (Å²) in [6.45, 7) is 0.0482. The van der Waals surface area contributed by atoms with E-state index in [-0.39, 0.29) is 19.1 Å². The van der Waals surface area contributed by atoms with E-state index in [0.29, 0.717) is 0 Å². The molecule has 0 aromatic heterocycles. The zero-order valence-electron chi connectivity index (χ0n) is 14.7. The van der Waals surface area contributed by atoms with E-state index in [4.69, 9.17) is 9.47 Å². The van der Waals surface area contributed by atoms with Gasteiger partial charge >= 0.3 is 12.1 Å². The molecule has 2 aromatic carbocycles. The number of carboxylic acids is 1. The highest BCUT2D eigenvalue weighted by Crippen LogP contribution is 2.44. The number of methoxy groups -OCH3 is 1. The molecule has 1 N–H and O–H groups in total. The van der Waals surface area contributed by atoms with Gasteiger partial charge in [0.05, 0.1) is 6.61 Å². The molecule has 0 saturated heterocycles. The number of aliphatic carboxylic acids is 1. The maximum Gasteiger partial charge on any atom is 0.410 e. The van der Waals surface area contributed by atoms with Crippen LogP contribution in [0.4, 0.5) is 4.79 Å². The number of hydrogen-bond acceptors (Lipinski definition) is 4. The fourth-order valence-corrected chi connectivity index (χ4v) is 3.33. The van der Waals surface area contributed by atoms with Crippen LogP contribution in [0.2, 0.25) is 0 Å². The first kappa shape index (κ1) is 17.9. The summed E-state index contributed by atoms with van der Waals surface area (Å²) in [5, 5.41) is 9.23. The molecule has 26 heavy (non-hydrogen) atoms. The molecule has 0 heterocycles. The summed E-state index contributed by atoms with van der Waals surface area (Å²) < 4.78 is 10.3. The van der Waals surface area contributed by atoms with Gasteiger partial charge in [0, 0.05) is 20.1 Å². The Balaban J connectivity index is 1.75. The summed E-state index contributed by atoms with van der Waals surface area (Å²) in [6.07, 6.45) is -0.684. The number of fused-ring (bicyclic) bond motifs is 3. The van der Waals surface area contributed by atoms with Crippen LogP contribution in [0.5, 0.6) is 0 Å². The van der Waals surface area contributed by atoms with Crippen LogP contribution in [0, 0.1) is 0 Å². The smallest absolute Gasteiger partial charge is 0.410 e. The van der Waals surface area contributed by atoms with E-state index in [9.17, 15) is 14.7 Å². The normalized spacial score (nSPS) is 13.6. The van der Waals surface area contributed by atoms with Crippen molar-refractivity contribution in [3.63, 3.8) is 0 Å². The van der Waals surface area contributed by atoms with E-state index in [1.807, 2.05) is 36.4 Å². The van der Waals surface area contributed by atoms with Crippen molar-refractivity contribution in [3.05, 3.63) is 59.7 Å². The van der Waals surface area contributed by atoms with Crippen LogP contribution in [-0.4, -0.2) is 55.5 Å². The number of nitrogens with zero attached hydrogens (tertiary/aromatic N) is 1. The van der Waals surface area contributed by atoms with Crippen molar-refractivity contribution in [2.24, 2.45) is 0 Å². The van der Waals surface area contributed by atoms with Crippen molar-refractivity contribution in [1.82, 2.24) is 4.90 Å². The molecule has 136 valence electrons. The van der Waals surface area contributed by atoms with Gasteiger partial charge in [-0.3, -0.25) is 4.90 Å². The molecular weight excluding hydrogens is 334 g/mol. The number of amides is 1. The fourth-order valence-electron chi connectivity index (χ4n) is 3.33. The van der Waals surface area contributed by atoms with E-state index in [1.165, 1.54) is 14.2 Å². The lowest BCUT2D eigenvalue weighted by atomic mass is 9.98. The molecule has 0 saturated carbocycles. The van der Waals surface area contributed by atoms with E-state index >= 15 is 0 Å². The number of ether oxygens (including phenoxy) is 2. The molecule has 1 amide bonds. The topological polar surface area (TPSA) is 76.1 Å². The molecule has 0 bridgehead atoms. The van der Waals surface area contributed by atoms with Crippen molar-refractivity contribution >= 4 is 12.1 Å². The van der Waals surface area contributed by atoms with E-state index in [0.717, 1.165) is 27.2 Å². The fraction of sp³-hybridized carbons (Fsp3) is 0.300. The molecule has 3 rings (SSSR count). The molecule has 0 aliphatic heterocycles. The molecule has 1 aliphatic carbocycles. The van der Waals surface area contributed by atoms with Crippen molar-refractivity contribution in [3.8, 4) is 11.1 Å². The molecule has 0 spiro atoms. The number of carboxylic acid groups (broad SMARTS) is 1. The Morgan fingerprint density at radius 1 is 1.08 bits per heavy atom. The Morgan fingerprint density at radius 2 is 1.62 bits per heavy atom. The van der Waals surface area contributed by atoms with Crippen molar-refractivity contribution in [2.45, 2.75) is 12.0 Å².